The van der Waals surface area contributed by atoms with Crippen LogP contribution in [0.5, 0.6) is 0 Å². The maximum Gasteiger partial charge on any atom is 0.194 e. The van der Waals surface area contributed by atoms with Crippen molar-refractivity contribution in [3.63, 3.8) is 0 Å². The molecule has 1 atom stereocenters. The highest BCUT2D eigenvalue weighted by molar-refractivity contribution is 14.0. The van der Waals surface area contributed by atoms with Gasteiger partial charge < -0.3 is 15.0 Å². The molecule has 0 aromatic carbocycles. The number of halogens is 1. The summed E-state index contributed by atoms with van der Waals surface area (Å²) in [6.07, 6.45) is 7.74. The van der Waals surface area contributed by atoms with Crippen molar-refractivity contribution in [2.24, 2.45) is 19.1 Å². The number of morpholine rings is 1. The van der Waals surface area contributed by atoms with Crippen molar-refractivity contribution in [2.75, 3.05) is 26.7 Å². The van der Waals surface area contributed by atoms with Gasteiger partial charge in [-0.25, -0.2) is 0 Å². The fourth-order valence-corrected chi connectivity index (χ4v) is 2.73. The van der Waals surface area contributed by atoms with E-state index in [1.165, 1.54) is 0 Å². The highest BCUT2D eigenvalue weighted by atomic mass is 127. The van der Waals surface area contributed by atoms with Crippen LogP contribution in [0.1, 0.15) is 17.2 Å². The number of guanidine groups is 1. The van der Waals surface area contributed by atoms with Crippen LogP contribution >= 0.6 is 24.0 Å². The van der Waals surface area contributed by atoms with Gasteiger partial charge in [0.15, 0.2) is 5.96 Å². The average molecular weight is 445 g/mol. The molecule has 0 saturated carbocycles. The quantitative estimate of drug-likeness (QED) is 0.432. The number of rotatable bonds is 3. The number of ether oxygens (including phenoxy) is 1. The van der Waals surface area contributed by atoms with E-state index in [1.807, 2.05) is 38.9 Å². The van der Waals surface area contributed by atoms with Crippen LogP contribution in [0.15, 0.2) is 29.8 Å². The zero-order valence-corrected chi connectivity index (χ0v) is 16.5. The summed E-state index contributed by atoms with van der Waals surface area (Å²) in [6, 6.07) is 0. The Labute approximate surface area is 158 Å². The van der Waals surface area contributed by atoms with E-state index in [1.54, 1.807) is 16.4 Å². The topological polar surface area (TPSA) is 72.5 Å². The summed E-state index contributed by atoms with van der Waals surface area (Å²) in [4.78, 5) is 6.61. The summed E-state index contributed by atoms with van der Waals surface area (Å²) in [5, 5.41) is 11.8. The molecule has 0 bridgehead atoms. The zero-order chi connectivity index (χ0) is 16.2. The second-order valence-electron chi connectivity index (χ2n) is 5.68. The first kappa shape index (κ1) is 18.7. The molecule has 1 N–H and O–H groups in total. The molecular formula is C15H24IN7O. The molecule has 132 valence electrons. The Morgan fingerprint density at radius 2 is 2.04 bits per heavy atom. The third-order valence-corrected chi connectivity index (χ3v) is 3.88. The van der Waals surface area contributed by atoms with Crippen LogP contribution in [-0.4, -0.2) is 57.2 Å². The lowest BCUT2D eigenvalue weighted by Gasteiger charge is -2.34. The van der Waals surface area contributed by atoms with Gasteiger partial charge >= 0.3 is 0 Å². The number of hydrogen-bond donors (Lipinski definition) is 1. The Bertz CT molecular complexity index is 681. The van der Waals surface area contributed by atoms with Crippen LogP contribution in [0.3, 0.4) is 0 Å². The van der Waals surface area contributed by atoms with Gasteiger partial charge in [0.1, 0.15) is 6.10 Å². The third kappa shape index (κ3) is 4.47. The van der Waals surface area contributed by atoms with Crippen molar-refractivity contribution in [1.82, 2.24) is 29.8 Å². The summed E-state index contributed by atoms with van der Waals surface area (Å²) in [7, 11) is 5.64. The molecule has 2 aromatic heterocycles. The van der Waals surface area contributed by atoms with Gasteiger partial charge in [-0.05, 0) is 0 Å². The molecular weight excluding hydrogens is 421 g/mol. The molecule has 3 heterocycles. The summed E-state index contributed by atoms with van der Waals surface area (Å²) in [5.74, 6) is 0.881. The van der Waals surface area contributed by atoms with Crippen molar-refractivity contribution >= 4 is 29.9 Å². The van der Waals surface area contributed by atoms with E-state index in [0.29, 0.717) is 13.2 Å². The largest absolute Gasteiger partial charge is 0.370 e. The van der Waals surface area contributed by atoms with Gasteiger partial charge in [0.05, 0.1) is 25.5 Å². The second kappa shape index (κ2) is 8.47. The Kier molecular flexibility index (Phi) is 6.60. The highest BCUT2D eigenvalue weighted by Gasteiger charge is 2.25. The monoisotopic (exact) mass is 445 g/mol. The predicted octanol–water partition coefficient (Wildman–Crippen LogP) is 0.920. The lowest BCUT2D eigenvalue weighted by molar-refractivity contribution is -0.00805. The van der Waals surface area contributed by atoms with Crippen molar-refractivity contribution < 1.29 is 4.74 Å². The first-order chi connectivity index (χ1) is 11.2. The highest BCUT2D eigenvalue weighted by Crippen LogP contribution is 2.21. The molecule has 1 fully saturated rings. The van der Waals surface area contributed by atoms with Crippen LogP contribution in [-0.2, 0) is 25.4 Å². The minimum absolute atomic E-state index is 0. The molecule has 0 aliphatic carbocycles. The van der Waals surface area contributed by atoms with Gasteiger partial charge in [-0.2, -0.15) is 10.2 Å². The molecule has 24 heavy (non-hydrogen) atoms. The summed E-state index contributed by atoms with van der Waals surface area (Å²) in [6.45, 7) is 2.96. The minimum atomic E-state index is 0. The van der Waals surface area contributed by atoms with E-state index in [9.17, 15) is 0 Å². The van der Waals surface area contributed by atoms with Gasteiger partial charge in [0.25, 0.3) is 0 Å². The fourth-order valence-electron chi connectivity index (χ4n) is 2.73. The molecule has 1 aliphatic heterocycles. The van der Waals surface area contributed by atoms with Crippen LogP contribution in [0.2, 0.25) is 0 Å². The van der Waals surface area contributed by atoms with Crippen molar-refractivity contribution in [3.8, 4) is 0 Å². The van der Waals surface area contributed by atoms with E-state index >= 15 is 0 Å². The van der Waals surface area contributed by atoms with Crippen LogP contribution in [0.25, 0.3) is 0 Å². The SMILES string of the molecule is CN=C(NCc1cnn(C)c1)N1CCOC(c2cnn(C)c2)C1.I. The van der Waals surface area contributed by atoms with Crippen molar-refractivity contribution in [3.05, 3.63) is 35.9 Å². The van der Waals surface area contributed by atoms with Crippen LogP contribution < -0.4 is 5.32 Å². The number of aliphatic imine (C=N–C) groups is 1. The Morgan fingerprint density at radius 1 is 1.29 bits per heavy atom. The number of hydrogen-bond acceptors (Lipinski definition) is 4. The van der Waals surface area contributed by atoms with Gasteiger partial charge in [0, 0.05) is 57.8 Å². The molecule has 0 amide bonds. The van der Waals surface area contributed by atoms with Gasteiger partial charge in [-0.1, -0.05) is 0 Å². The predicted molar refractivity (Wildman–Crippen MR) is 102 cm³/mol. The van der Waals surface area contributed by atoms with Gasteiger partial charge in [0.2, 0.25) is 0 Å². The Hall–Kier alpha value is -1.62. The lowest BCUT2D eigenvalue weighted by Crippen LogP contribution is -2.47. The van der Waals surface area contributed by atoms with E-state index < -0.39 is 0 Å². The Morgan fingerprint density at radius 3 is 2.67 bits per heavy atom. The standard InChI is InChI=1S/C15H23N7O.HI/c1-16-15(17-6-12-7-18-20(2)9-12)22-4-5-23-14(11-22)13-8-19-21(3)10-13;/h7-10,14H,4-6,11H2,1-3H3,(H,16,17);1H. The molecule has 8 nitrogen and oxygen atoms in total. The van der Waals surface area contributed by atoms with Crippen LogP contribution in [0.4, 0.5) is 0 Å². The molecule has 1 aliphatic rings. The number of aromatic nitrogens is 4. The maximum atomic E-state index is 5.88. The number of aryl methyl sites for hydroxylation is 2. The zero-order valence-electron chi connectivity index (χ0n) is 14.2. The van der Waals surface area contributed by atoms with Gasteiger partial charge in [-0.15, -0.1) is 24.0 Å². The van der Waals surface area contributed by atoms with Crippen molar-refractivity contribution in [1.29, 1.82) is 0 Å². The smallest absolute Gasteiger partial charge is 0.194 e. The van der Waals surface area contributed by atoms with E-state index in [2.05, 4.69) is 25.4 Å². The van der Waals surface area contributed by atoms with E-state index in [4.69, 9.17) is 4.74 Å². The maximum absolute atomic E-state index is 5.88. The van der Waals surface area contributed by atoms with Crippen LogP contribution in [0, 0.1) is 0 Å². The van der Waals surface area contributed by atoms with Gasteiger partial charge in [-0.3, -0.25) is 14.4 Å². The molecule has 9 heteroatoms. The molecule has 1 unspecified atom stereocenters. The minimum Gasteiger partial charge on any atom is -0.370 e. The Balaban J connectivity index is 0.00000208. The second-order valence-corrected chi connectivity index (χ2v) is 5.68. The number of nitrogens with one attached hydrogen (secondary N) is 1. The molecule has 0 spiro atoms. The fraction of sp³-hybridized carbons (Fsp3) is 0.533. The molecule has 3 rings (SSSR count). The third-order valence-electron chi connectivity index (χ3n) is 3.88. The summed E-state index contributed by atoms with van der Waals surface area (Å²) >= 11 is 0. The average Bonchev–Trinajstić information content (AvgIpc) is 3.17. The summed E-state index contributed by atoms with van der Waals surface area (Å²) in [5.41, 5.74) is 2.23. The first-order valence-electron chi connectivity index (χ1n) is 7.69. The van der Waals surface area contributed by atoms with E-state index in [0.717, 1.165) is 30.2 Å². The number of nitrogens with zero attached hydrogens (tertiary/aromatic N) is 6. The summed E-state index contributed by atoms with van der Waals surface area (Å²) < 4.78 is 9.47. The lowest BCUT2D eigenvalue weighted by atomic mass is 10.1. The molecule has 1 saturated heterocycles. The normalized spacial score (nSPS) is 18.4. The molecule has 0 radical (unpaired) electrons. The van der Waals surface area contributed by atoms with E-state index in [-0.39, 0.29) is 30.1 Å². The first-order valence-corrected chi connectivity index (χ1v) is 7.69. The molecule has 2 aromatic rings. The van der Waals surface area contributed by atoms with Crippen molar-refractivity contribution in [2.45, 2.75) is 12.6 Å².